The first-order valence-electron chi connectivity index (χ1n) is 20.5. The van der Waals surface area contributed by atoms with Gasteiger partial charge in [-0.25, -0.2) is 4.98 Å². The molecule has 0 bridgehead atoms. The first-order chi connectivity index (χ1) is 29.7. The fourth-order valence-electron chi connectivity index (χ4n) is 9.43. The second-order valence-corrected chi connectivity index (χ2v) is 19.3. The van der Waals surface area contributed by atoms with E-state index in [2.05, 4.69) is 245 Å². The van der Waals surface area contributed by atoms with Gasteiger partial charge in [-0.1, -0.05) is 158 Å². The lowest BCUT2D eigenvalue weighted by atomic mass is 10.0. The highest BCUT2D eigenvalue weighted by Gasteiger charge is 2.42. The van der Waals surface area contributed by atoms with E-state index in [0.717, 1.165) is 44.8 Å². The predicted octanol–water partition coefficient (Wildman–Crippen LogP) is 9.75. The van der Waals surface area contributed by atoms with Gasteiger partial charge in [0.05, 0.1) is 11.0 Å². The van der Waals surface area contributed by atoms with E-state index in [-0.39, 0.29) is 0 Å². The summed E-state index contributed by atoms with van der Waals surface area (Å²) in [6.07, 6.45) is 4.18. The fourth-order valence-corrected chi connectivity index (χ4v) is 14.2. The van der Waals surface area contributed by atoms with Crippen LogP contribution >= 0.6 is 0 Å². The van der Waals surface area contributed by atoms with Gasteiger partial charge in [0.25, 0.3) is 6.33 Å². The summed E-state index contributed by atoms with van der Waals surface area (Å²) in [5.74, 6) is 0.902. The van der Waals surface area contributed by atoms with Gasteiger partial charge < -0.3 is 0 Å². The normalized spacial score (nSPS) is 11.8. The lowest BCUT2D eigenvalue weighted by Gasteiger charge is -2.34. The third-order valence-electron chi connectivity index (χ3n) is 12.2. The Labute approximate surface area is 350 Å². The fraction of sp³-hybridized carbons (Fsp3) is 0.0182. The molecule has 0 N–H and O–H groups in total. The van der Waals surface area contributed by atoms with Crippen molar-refractivity contribution in [2.75, 3.05) is 0 Å². The largest absolute Gasteiger partial charge is 0.294 e. The molecule has 0 unspecified atom stereocenters. The van der Waals surface area contributed by atoms with E-state index in [0.29, 0.717) is 0 Å². The molecule has 0 fully saturated rings. The summed E-state index contributed by atoms with van der Waals surface area (Å²) in [6, 6.07) is 79.9. The van der Waals surface area contributed by atoms with E-state index in [9.17, 15) is 0 Å². The minimum atomic E-state index is -3.00. The maximum Gasteiger partial charge on any atom is 0.255 e. The van der Waals surface area contributed by atoms with Gasteiger partial charge in [0, 0.05) is 17.0 Å². The molecule has 3 aromatic heterocycles. The molecular formula is C55H41N4Si+. The van der Waals surface area contributed by atoms with Crippen molar-refractivity contribution in [2.24, 2.45) is 0 Å². The van der Waals surface area contributed by atoms with Crippen molar-refractivity contribution >= 4 is 61.7 Å². The first-order valence-corrected chi connectivity index (χ1v) is 22.5. The topological polar surface area (TPSA) is 26.6 Å². The molecule has 8 aromatic carbocycles. The summed E-state index contributed by atoms with van der Waals surface area (Å²) in [6.45, 7) is 2.17. The van der Waals surface area contributed by atoms with Crippen molar-refractivity contribution in [1.82, 2.24) is 14.1 Å². The zero-order valence-corrected chi connectivity index (χ0v) is 34.2. The highest BCUT2D eigenvalue weighted by Crippen LogP contribution is 2.33. The number of nitrogens with zero attached hydrogens (tertiary/aromatic N) is 4. The summed E-state index contributed by atoms with van der Waals surface area (Å²) in [7, 11) is -3.00. The Morgan fingerprint density at radius 3 is 1.85 bits per heavy atom. The second kappa shape index (κ2) is 14.6. The monoisotopic (exact) mass is 785 g/mol. The number of hydrogen-bond donors (Lipinski definition) is 0. The van der Waals surface area contributed by atoms with Crippen LogP contribution in [-0.2, 0) is 0 Å². The van der Waals surface area contributed by atoms with Gasteiger partial charge in [-0.15, -0.1) is 0 Å². The van der Waals surface area contributed by atoms with E-state index in [1.165, 1.54) is 42.6 Å². The van der Waals surface area contributed by atoms with E-state index in [1.54, 1.807) is 0 Å². The molecule has 0 spiro atoms. The molecule has 4 nitrogen and oxygen atoms in total. The number of aryl methyl sites for hydroxylation is 1. The molecule has 0 amide bonds. The van der Waals surface area contributed by atoms with Gasteiger partial charge in [0.15, 0.2) is 19.1 Å². The standard InChI is InChI=1S/C55H41N4Si/c1-40-18-11-12-27-48(40)41-34-35-56-55(36-41)59-51-29-14-13-28-49(51)50-33-32-47(38-54(50)59)60(44-22-7-3-8-23-44,45-24-9-4-10-25-45)46-26-17-21-43(37-46)58-39-57(42-19-5-2-6-20-42)52-30-15-16-31-53(52)58/h2-39H,1H3/q+1. The Morgan fingerprint density at radius 2 is 1.08 bits per heavy atom. The Kier molecular flexibility index (Phi) is 8.68. The van der Waals surface area contributed by atoms with Crippen LogP contribution in [0.5, 0.6) is 0 Å². The molecule has 11 aromatic rings. The first kappa shape index (κ1) is 35.6. The van der Waals surface area contributed by atoms with E-state index >= 15 is 0 Å². The van der Waals surface area contributed by atoms with Crippen LogP contribution in [-0.4, -0.2) is 22.2 Å². The summed E-state index contributed by atoms with van der Waals surface area (Å²) in [5.41, 5.74) is 10.4. The van der Waals surface area contributed by atoms with E-state index < -0.39 is 8.07 Å². The second-order valence-electron chi connectivity index (χ2n) is 15.5. The summed E-state index contributed by atoms with van der Waals surface area (Å²) < 4.78 is 7.00. The molecule has 0 radical (unpaired) electrons. The van der Waals surface area contributed by atoms with Crippen LogP contribution in [0, 0.1) is 6.92 Å². The summed E-state index contributed by atoms with van der Waals surface area (Å²) in [5, 5.41) is 7.68. The third-order valence-corrected chi connectivity index (χ3v) is 16.9. The number of imidazole rings is 1. The van der Waals surface area contributed by atoms with Crippen LogP contribution in [0.1, 0.15) is 5.56 Å². The molecule has 0 saturated heterocycles. The third kappa shape index (κ3) is 5.74. The van der Waals surface area contributed by atoms with E-state index in [1.807, 2.05) is 6.20 Å². The predicted molar refractivity (Wildman–Crippen MR) is 251 cm³/mol. The average Bonchev–Trinajstić information content (AvgIpc) is 3.87. The van der Waals surface area contributed by atoms with Gasteiger partial charge >= 0.3 is 0 Å². The van der Waals surface area contributed by atoms with Crippen molar-refractivity contribution in [3.05, 3.63) is 236 Å². The van der Waals surface area contributed by atoms with Crippen LogP contribution in [0.3, 0.4) is 0 Å². The molecule has 0 atom stereocenters. The smallest absolute Gasteiger partial charge is 0.255 e. The van der Waals surface area contributed by atoms with Gasteiger partial charge in [0.2, 0.25) is 0 Å². The van der Waals surface area contributed by atoms with Crippen molar-refractivity contribution in [1.29, 1.82) is 0 Å². The Bertz CT molecular complexity index is 3290. The maximum absolute atomic E-state index is 5.07. The lowest BCUT2D eigenvalue weighted by molar-refractivity contribution is -0.567. The van der Waals surface area contributed by atoms with Crippen LogP contribution in [0.25, 0.3) is 61.2 Å². The number of aromatic nitrogens is 4. The van der Waals surface area contributed by atoms with Gasteiger partial charge in [0.1, 0.15) is 17.2 Å². The highest BCUT2D eigenvalue weighted by molar-refractivity contribution is 7.20. The minimum absolute atomic E-state index is 0.902. The molecule has 284 valence electrons. The molecule has 3 heterocycles. The van der Waals surface area contributed by atoms with Crippen molar-refractivity contribution in [3.63, 3.8) is 0 Å². The zero-order chi connectivity index (χ0) is 40.0. The van der Waals surface area contributed by atoms with Crippen molar-refractivity contribution in [3.8, 4) is 28.3 Å². The Morgan fingerprint density at radius 1 is 0.467 bits per heavy atom. The number of hydrogen-bond acceptors (Lipinski definition) is 1. The molecule has 0 aliphatic rings. The Balaban J connectivity index is 1.19. The molecule has 60 heavy (non-hydrogen) atoms. The van der Waals surface area contributed by atoms with Crippen molar-refractivity contribution < 1.29 is 4.57 Å². The van der Waals surface area contributed by atoms with Crippen LogP contribution in [0.15, 0.2) is 231 Å². The van der Waals surface area contributed by atoms with Crippen LogP contribution in [0.2, 0.25) is 0 Å². The molecule has 0 aliphatic heterocycles. The number of benzene rings is 8. The molecule has 0 aliphatic carbocycles. The molecule has 0 saturated carbocycles. The molecule has 11 rings (SSSR count). The average molecular weight is 786 g/mol. The van der Waals surface area contributed by atoms with Crippen molar-refractivity contribution in [2.45, 2.75) is 6.92 Å². The summed E-state index contributed by atoms with van der Waals surface area (Å²) >= 11 is 0. The number of fused-ring (bicyclic) bond motifs is 4. The van der Waals surface area contributed by atoms with Crippen LogP contribution in [0.4, 0.5) is 0 Å². The maximum atomic E-state index is 5.07. The highest BCUT2D eigenvalue weighted by atomic mass is 28.3. The zero-order valence-electron chi connectivity index (χ0n) is 33.2. The number of para-hydroxylation sites is 4. The SMILES string of the molecule is Cc1ccccc1-c1ccnc(-n2c3ccccc3c3ccc([Si](c4ccccc4)(c4ccccc4)c4cccc(-n5c[n+](-c6ccccc6)c6ccccc65)c4)cc32)c1. The molecular weight excluding hydrogens is 745 g/mol. The van der Waals surface area contributed by atoms with Crippen LogP contribution < -0.4 is 25.3 Å². The van der Waals surface area contributed by atoms with Gasteiger partial charge in [-0.2, -0.15) is 9.13 Å². The lowest BCUT2D eigenvalue weighted by Crippen LogP contribution is -2.74. The van der Waals surface area contributed by atoms with Gasteiger partial charge in [-0.3, -0.25) is 4.57 Å². The Hall–Kier alpha value is -7.60. The number of pyridine rings is 1. The quantitative estimate of drug-likeness (QED) is 0.0857. The summed E-state index contributed by atoms with van der Waals surface area (Å²) in [4.78, 5) is 5.07. The molecule has 5 heteroatoms. The van der Waals surface area contributed by atoms with E-state index in [4.69, 9.17) is 4.98 Å². The minimum Gasteiger partial charge on any atom is -0.294 e. The van der Waals surface area contributed by atoms with Gasteiger partial charge in [-0.05, 0) is 105 Å². The number of rotatable bonds is 8.